The lowest BCUT2D eigenvalue weighted by Crippen LogP contribution is -2.30. The molecule has 1 saturated heterocycles. The summed E-state index contributed by atoms with van der Waals surface area (Å²) < 4.78 is 0. The maximum Gasteiger partial charge on any atom is 0.235 e. The van der Waals surface area contributed by atoms with Gasteiger partial charge in [-0.15, -0.1) is 11.8 Å². The quantitative estimate of drug-likeness (QED) is 0.666. The average Bonchev–Trinajstić information content (AvgIpc) is 3.00. The number of likely N-dealkylation sites (N-methyl/N-ethyl adjacent to an activating group) is 1. The average molecular weight is 453 g/mol. The zero-order chi connectivity index (χ0) is 22.4. The summed E-state index contributed by atoms with van der Waals surface area (Å²) in [5.41, 5.74) is 7.18. The van der Waals surface area contributed by atoms with Crippen LogP contribution in [0.3, 0.4) is 0 Å². The van der Waals surface area contributed by atoms with Crippen LogP contribution in [-0.2, 0) is 4.79 Å². The Bertz CT molecular complexity index is 1030. The van der Waals surface area contributed by atoms with E-state index in [1.54, 1.807) is 0 Å². The summed E-state index contributed by atoms with van der Waals surface area (Å²) in [5.74, 6) is 0.0647. The summed E-state index contributed by atoms with van der Waals surface area (Å²) in [4.78, 5) is 22.0. The number of aromatic nitrogens is 1. The predicted molar refractivity (Wildman–Crippen MR) is 124 cm³/mol. The van der Waals surface area contributed by atoms with Crippen molar-refractivity contribution in [2.45, 2.75) is 21.6 Å². The molecule has 1 atom stereocenters. The number of nitrogens with two attached hydrogens (primary N) is 1. The largest absolute Gasteiger partial charge is 0.368 e. The number of carbonyl (C=O) groups excluding carboxylic acids is 1. The third kappa shape index (κ3) is 5.13. The van der Waals surface area contributed by atoms with Crippen molar-refractivity contribution in [1.29, 1.82) is 10.5 Å². The standard InChI is InChI=1S/C22H24N6OS2/c1-27-9-6-10-28(12-11-27)21-16(13-23)19(30-2)17(14-24)22(26-21)31-18(20(25)29)15-7-4-3-5-8-15/h3-5,7-8,18H,6,9-12H2,1-2H3,(H2,25,29). The number of nitriles is 2. The molecule has 0 aliphatic carbocycles. The third-order valence-corrected chi connectivity index (χ3v) is 7.21. The number of benzene rings is 1. The molecule has 9 heteroatoms. The number of rotatable bonds is 6. The van der Waals surface area contributed by atoms with Crippen molar-refractivity contribution in [3.63, 3.8) is 0 Å². The fraction of sp³-hybridized carbons (Fsp3) is 0.364. The van der Waals surface area contributed by atoms with Gasteiger partial charge in [-0.05, 0) is 31.8 Å². The van der Waals surface area contributed by atoms with E-state index in [0.29, 0.717) is 26.9 Å². The zero-order valence-corrected chi connectivity index (χ0v) is 19.2. The van der Waals surface area contributed by atoms with Crippen LogP contribution >= 0.6 is 23.5 Å². The molecule has 2 aromatic rings. The molecule has 2 N–H and O–H groups in total. The highest BCUT2D eigenvalue weighted by molar-refractivity contribution is 8.00. The molecule has 3 rings (SSSR count). The van der Waals surface area contributed by atoms with E-state index in [0.717, 1.165) is 38.2 Å². The van der Waals surface area contributed by atoms with Gasteiger partial charge < -0.3 is 15.5 Å². The summed E-state index contributed by atoms with van der Waals surface area (Å²) >= 11 is 2.51. The van der Waals surface area contributed by atoms with Crippen molar-refractivity contribution in [2.24, 2.45) is 5.73 Å². The number of hydrogen-bond donors (Lipinski definition) is 1. The van der Waals surface area contributed by atoms with Crippen LogP contribution < -0.4 is 10.6 Å². The molecule has 0 spiro atoms. The van der Waals surface area contributed by atoms with E-state index in [1.165, 1.54) is 23.5 Å². The van der Waals surface area contributed by atoms with Gasteiger partial charge in [0.2, 0.25) is 5.91 Å². The second-order valence-electron chi connectivity index (χ2n) is 7.20. The number of amides is 1. The zero-order valence-electron chi connectivity index (χ0n) is 17.5. The molecule has 1 aliphatic rings. The van der Waals surface area contributed by atoms with Crippen molar-refractivity contribution in [2.75, 3.05) is 44.4 Å². The van der Waals surface area contributed by atoms with Crippen LogP contribution in [0.2, 0.25) is 0 Å². The number of thioether (sulfide) groups is 2. The molecule has 1 aromatic carbocycles. The summed E-state index contributed by atoms with van der Waals surface area (Å²) in [6.45, 7) is 3.34. The summed E-state index contributed by atoms with van der Waals surface area (Å²) in [6.07, 6.45) is 2.79. The lowest BCUT2D eigenvalue weighted by Gasteiger charge is -2.25. The molecule has 31 heavy (non-hydrogen) atoms. The first kappa shape index (κ1) is 23.0. The SMILES string of the molecule is CSc1c(C#N)c(SC(C(N)=O)c2ccccc2)nc(N2CCCN(C)CC2)c1C#N. The van der Waals surface area contributed by atoms with Gasteiger partial charge in [-0.3, -0.25) is 4.79 Å². The van der Waals surface area contributed by atoms with E-state index in [4.69, 9.17) is 10.7 Å². The van der Waals surface area contributed by atoms with Crippen molar-refractivity contribution in [1.82, 2.24) is 9.88 Å². The van der Waals surface area contributed by atoms with Crippen LogP contribution in [0.4, 0.5) is 5.82 Å². The minimum Gasteiger partial charge on any atom is -0.368 e. The molecule has 160 valence electrons. The Morgan fingerprint density at radius 2 is 1.84 bits per heavy atom. The monoisotopic (exact) mass is 452 g/mol. The van der Waals surface area contributed by atoms with Gasteiger partial charge in [0.05, 0.1) is 5.56 Å². The van der Waals surface area contributed by atoms with Crippen molar-refractivity contribution in [3.05, 3.63) is 47.0 Å². The topological polar surface area (TPSA) is 110 Å². The highest BCUT2D eigenvalue weighted by Crippen LogP contribution is 2.41. The second-order valence-corrected chi connectivity index (χ2v) is 9.11. The lowest BCUT2D eigenvalue weighted by molar-refractivity contribution is -0.117. The highest BCUT2D eigenvalue weighted by atomic mass is 32.2. The van der Waals surface area contributed by atoms with E-state index >= 15 is 0 Å². The van der Waals surface area contributed by atoms with Crippen molar-refractivity contribution < 1.29 is 4.79 Å². The fourth-order valence-electron chi connectivity index (χ4n) is 3.54. The molecule has 0 saturated carbocycles. The Morgan fingerprint density at radius 3 is 2.45 bits per heavy atom. The van der Waals surface area contributed by atoms with Crippen LogP contribution in [-0.4, -0.2) is 55.3 Å². The van der Waals surface area contributed by atoms with Gasteiger partial charge in [-0.25, -0.2) is 4.98 Å². The van der Waals surface area contributed by atoms with E-state index in [-0.39, 0.29) is 0 Å². The molecule has 1 aliphatic heterocycles. The molecule has 7 nitrogen and oxygen atoms in total. The van der Waals surface area contributed by atoms with Crippen LogP contribution in [0.15, 0.2) is 40.3 Å². The first-order valence-corrected chi connectivity index (χ1v) is 12.0. The third-order valence-electron chi connectivity index (χ3n) is 5.14. The molecule has 2 heterocycles. The van der Waals surface area contributed by atoms with Crippen LogP contribution in [0.1, 0.15) is 28.4 Å². The van der Waals surface area contributed by atoms with Crippen LogP contribution in [0.5, 0.6) is 0 Å². The number of pyridine rings is 1. The van der Waals surface area contributed by atoms with E-state index in [2.05, 4.69) is 29.0 Å². The lowest BCUT2D eigenvalue weighted by atomic mass is 10.1. The van der Waals surface area contributed by atoms with Gasteiger partial charge in [-0.2, -0.15) is 10.5 Å². The van der Waals surface area contributed by atoms with Gasteiger partial charge >= 0.3 is 0 Å². The van der Waals surface area contributed by atoms with E-state index in [9.17, 15) is 15.3 Å². The van der Waals surface area contributed by atoms with Gasteiger partial charge in [0.25, 0.3) is 0 Å². The molecular formula is C22H24N6OS2. The van der Waals surface area contributed by atoms with Gasteiger partial charge in [0.1, 0.15) is 33.8 Å². The second kappa shape index (κ2) is 10.5. The predicted octanol–water partition coefficient (Wildman–Crippen LogP) is 3.01. The molecule has 1 unspecified atom stereocenters. The Morgan fingerprint density at radius 1 is 1.13 bits per heavy atom. The number of anilines is 1. The Balaban J connectivity index is 2.12. The minimum atomic E-state index is -0.688. The maximum atomic E-state index is 12.3. The number of carbonyl (C=O) groups is 1. The summed E-state index contributed by atoms with van der Waals surface area (Å²) in [5, 5.41) is 19.5. The number of nitrogens with zero attached hydrogens (tertiary/aromatic N) is 5. The number of primary amides is 1. The van der Waals surface area contributed by atoms with Gasteiger partial charge in [0, 0.05) is 24.5 Å². The Hall–Kier alpha value is -2.72. The molecule has 1 fully saturated rings. The Kier molecular flexibility index (Phi) is 7.80. The first-order valence-electron chi connectivity index (χ1n) is 9.86. The molecule has 1 amide bonds. The van der Waals surface area contributed by atoms with Gasteiger partial charge in [-0.1, -0.05) is 42.1 Å². The van der Waals surface area contributed by atoms with Crippen molar-refractivity contribution in [3.8, 4) is 12.1 Å². The molecule has 1 aromatic heterocycles. The van der Waals surface area contributed by atoms with Crippen molar-refractivity contribution >= 4 is 35.2 Å². The van der Waals surface area contributed by atoms with E-state index < -0.39 is 11.2 Å². The smallest absolute Gasteiger partial charge is 0.235 e. The fourth-order valence-corrected chi connectivity index (χ4v) is 5.33. The maximum absolute atomic E-state index is 12.3. The molecular weight excluding hydrogens is 428 g/mol. The first-order chi connectivity index (χ1) is 15.0. The Labute approximate surface area is 191 Å². The molecule has 0 radical (unpaired) electrons. The molecule has 0 bridgehead atoms. The summed E-state index contributed by atoms with van der Waals surface area (Å²) in [6, 6.07) is 13.7. The van der Waals surface area contributed by atoms with Crippen LogP contribution in [0.25, 0.3) is 0 Å². The normalized spacial score (nSPS) is 15.5. The van der Waals surface area contributed by atoms with Gasteiger partial charge in [0.15, 0.2) is 0 Å². The van der Waals surface area contributed by atoms with Crippen LogP contribution in [0, 0.1) is 22.7 Å². The summed E-state index contributed by atoms with van der Waals surface area (Å²) in [7, 11) is 2.08. The number of hydrogen-bond acceptors (Lipinski definition) is 8. The minimum absolute atomic E-state index is 0.312. The highest BCUT2D eigenvalue weighted by Gasteiger charge is 2.28. The van der Waals surface area contributed by atoms with E-state index in [1.807, 2.05) is 36.6 Å².